The van der Waals surface area contributed by atoms with E-state index in [2.05, 4.69) is 52.2 Å². The van der Waals surface area contributed by atoms with Crippen LogP contribution < -0.4 is 15.0 Å². The Kier molecular flexibility index (Phi) is 4.75. The number of pyridine rings is 1. The summed E-state index contributed by atoms with van der Waals surface area (Å²) >= 11 is 6.41. The van der Waals surface area contributed by atoms with Crippen molar-refractivity contribution in [1.29, 1.82) is 0 Å². The minimum Gasteiger partial charge on any atom is -0.487 e. The Labute approximate surface area is 180 Å². The molecule has 3 heterocycles. The first-order chi connectivity index (χ1) is 14.6. The largest absolute Gasteiger partial charge is 0.487 e. The molecule has 1 saturated heterocycles. The van der Waals surface area contributed by atoms with Gasteiger partial charge in [-0.1, -0.05) is 29.3 Å². The average molecular weight is 419 g/mol. The zero-order valence-corrected chi connectivity index (χ0v) is 17.7. The maximum absolute atomic E-state index is 6.41. The number of ether oxygens (including phenoxy) is 1. The van der Waals surface area contributed by atoms with Crippen molar-refractivity contribution in [2.24, 2.45) is 0 Å². The molecule has 152 valence electrons. The van der Waals surface area contributed by atoms with Crippen molar-refractivity contribution >= 4 is 39.7 Å². The molecular weight excluding hydrogens is 396 g/mol. The summed E-state index contributed by atoms with van der Waals surface area (Å²) in [6, 6.07) is 16.2. The van der Waals surface area contributed by atoms with Crippen molar-refractivity contribution in [2.75, 3.05) is 23.3 Å². The number of aryl methyl sites for hydroxylation is 1. The summed E-state index contributed by atoms with van der Waals surface area (Å²) in [6.07, 6.45) is 3.93. The Morgan fingerprint density at radius 3 is 2.70 bits per heavy atom. The molecule has 0 atom stereocenters. The number of H-pyrrole nitrogens is 1. The lowest BCUT2D eigenvalue weighted by Gasteiger charge is -2.41. The maximum Gasteiger partial charge on any atom is 0.135 e. The van der Waals surface area contributed by atoms with Crippen LogP contribution in [0.25, 0.3) is 10.9 Å². The highest BCUT2D eigenvalue weighted by Crippen LogP contribution is 2.33. The first kappa shape index (κ1) is 18.8. The molecule has 2 aromatic carbocycles. The van der Waals surface area contributed by atoms with E-state index in [0.717, 1.165) is 46.8 Å². The molecule has 0 spiro atoms. The third-order valence-corrected chi connectivity index (χ3v) is 5.88. The number of halogens is 1. The molecule has 5 nitrogen and oxygen atoms in total. The van der Waals surface area contributed by atoms with Crippen LogP contribution in [0.3, 0.4) is 0 Å². The van der Waals surface area contributed by atoms with E-state index in [0.29, 0.717) is 5.02 Å². The van der Waals surface area contributed by atoms with Gasteiger partial charge in [-0.05, 0) is 50.2 Å². The smallest absolute Gasteiger partial charge is 0.135 e. The Balaban J connectivity index is 1.29. The Morgan fingerprint density at radius 1 is 1.10 bits per heavy atom. The third kappa shape index (κ3) is 3.57. The molecule has 30 heavy (non-hydrogen) atoms. The fourth-order valence-electron chi connectivity index (χ4n) is 3.84. The highest BCUT2D eigenvalue weighted by Gasteiger charge is 2.30. The van der Waals surface area contributed by atoms with Crippen LogP contribution in [0.15, 0.2) is 60.9 Å². The first-order valence-corrected chi connectivity index (χ1v) is 10.4. The van der Waals surface area contributed by atoms with Crippen LogP contribution in [0.5, 0.6) is 5.75 Å². The molecule has 1 aliphatic rings. The van der Waals surface area contributed by atoms with Gasteiger partial charge in [-0.25, -0.2) is 4.98 Å². The number of rotatable bonds is 5. The van der Waals surface area contributed by atoms with Crippen molar-refractivity contribution in [2.45, 2.75) is 20.0 Å². The van der Waals surface area contributed by atoms with Gasteiger partial charge >= 0.3 is 0 Å². The number of nitrogens with one attached hydrogen (secondary N) is 2. The van der Waals surface area contributed by atoms with Gasteiger partial charge in [0.2, 0.25) is 0 Å². The van der Waals surface area contributed by atoms with Crippen LogP contribution in [-0.4, -0.2) is 29.2 Å². The van der Waals surface area contributed by atoms with E-state index in [-0.39, 0.29) is 6.10 Å². The Morgan fingerprint density at radius 2 is 1.90 bits per heavy atom. The van der Waals surface area contributed by atoms with Gasteiger partial charge in [-0.3, -0.25) is 0 Å². The third-order valence-electron chi connectivity index (χ3n) is 5.57. The SMILES string of the molecule is Cc1ccc(OC2CN(c3ccnc(Nc4cc(Cl)c5cc[nH]c5c4)c3C)C2)cc1. The summed E-state index contributed by atoms with van der Waals surface area (Å²) in [5.74, 6) is 1.76. The predicted octanol–water partition coefficient (Wildman–Crippen LogP) is 5.84. The molecule has 0 unspecified atom stereocenters. The van der Waals surface area contributed by atoms with E-state index in [1.165, 1.54) is 11.3 Å². The Hall–Kier alpha value is -3.18. The summed E-state index contributed by atoms with van der Waals surface area (Å²) in [4.78, 5) is 10.1. The minimum absolute atomic E-state index is 0.200. The molecule has 0 aliphatic carbocycles. The van der Waals surface area contributed by atoms with Crippen molar-refractivity contribution in [1.82, 2.24) is 9.97 Å². The highest BCUT2D eigenvalue weighted by atomic mass is 35.5. The van der Waals surface area contributed by atoms with E-state index >= 15 is 0 Å². The second kappa shape index (κ2) is 7.58. The normalized spacial score (nSPS) is 14.0. The lowest BCUT2D eigenvalue weighted by atomic mass is 10.1. The summed E-state index contributed by atoms with van der Waals surface area (Å²) in [7, 11) is 0. The lowest BCUT2D eigenvalue weighted by Crippen LogP contribution is -2.54. The fraction of sp³-hybridized carbons (Fsp3) is 0.208. The molecule has 4 aromatic rings. The zero-order chi connectivity index (χ0) is 20.7. The quantitative estimate of drug-likeness (QED) is 0.427. The fourth-order valence-corrected chi connectivity index (χ4v) is 4.13. The molecule has 1 fully saturated rings. The number of hydrogen-bond acceptors (Lipinski definition) is 4. The molecular formula is C24H23ClN4O. The summed E-state index contributed by atoms with van der Waals surface area (Å²) in [5, 5.41) is 5.15. The molecule has 2 N–H and O–H groups in total. The molecule has 2 aromatic heterocycles. The van der Waals surface area contributed by atoms with Crippen molar-refractivity contribution < 1.29 is 4.74 Å². The first-order valence-electron chi connectivity index (χ1n) is 10.0. The van der Waals surface area contributed by atoms with E-state index in [1.807, 2.05) is 42.7 Å². The van der Waals surface area contributed by atoms with Gasteiger partial charge in [0.05, 0.1) is 18.1 Å². The monoisotopic (exact) mass is 418 g/mol. The number of aromatic amines is 1. The van der Waals surface area contributed by atoms with Crippen molar-refractivity contribution in [3.63, 3.8) is 0 Å². The molecule has 0 radical (unpaired) electrons. The van der Waals surface area contributed by atoms with Crippen LogP contribution in [-0.2, 0) is 0 Å². The maximum atomic E-state index is 6.41. The van der Waals surface area contributed by atoms with E-state index < -0.39 is 0 Å². The molecule has 0 bridgehead atoms. The topological polar surface area (TPSA) is 53.2 Å². The van der Waals surface area contributed by atoms with Crippen LogP contribution in [0.2, 0.25) is 5.02 Å². The van der Waals surface area contributed by atoms with Crippen LogP contribution in [0, 0.1) is 13.8 Å². The molecule has 1 aliphatic heterocycles. The second-order valence-corrected chi connectivity index (χ2v) is 8.19. The average Bonchev–Trinajstić information content (AvgIpc) is 3.17. The standard InChI is InChI=1S/C24H23ClN4O/c1-15-3-5-18(6-4-15)30-19-13-29(14-19)23-8-10-27-24(16(23)2)28-17-11-21(25)20-7-9-26-22(20)12-17/h3-12,19,26H,13-14H2,1-2H3,(H,27,28). The van der Waals surface area contributed by atoms with E-state index in [9.17, 15) is 0 Å². The molecule has 0 saturated carbocycles. The van der Waals surface area contributed by atoms with Gasteiger partial charge in [0, 0.05) is 40.2 Å². The molecule has 5 rings (SSSR count). The van der Waals surface area contributed by atoms with Gasteiger partial charge in [0.1, 0.15) is 17.7 Å². The zero-order valence-electron chi connectivity index (χ0n) is 16.9. The van der Waals surface area contributed by atoms with Crippen LogP contribution in [0.1, 0.15) is 11.1 Å². The number of benzene rings is 2. The van der Waals surface area contributed by atoms with Crippen LogP contribution >= 0.6 is 11.6 Å². The van der Waals surface area contributed by atoms with Crippen molar-refractivity contribution in [3.05, 3.63) is 77.1 Å². The van der Waals surface area contributed by atoms with Crippen LogP contribution in [0.4, 0.5) is 17.2 Å². The number of nitrogens with zero attached hydrogens (tertiary/aromatic N) is 2. The van der Waals surface area contributed by atoms with E-state index in [1.54, 1.807) is 0 Å². The minimum atomic E-state index is 0.200. The Bertz CT molecular complexity index is 1200. The van der Waals surface area contributed by atoms with Crippen molar-refractivity contribution in [3.8, 4) is 5.75 Å². The number of anilines is 3. The van der Waals surface area contributed by atoms with Gasteiger partial charge < -0.3 is 19.9 Å². The lowest BCUT2D eigenvalue weighted by molar-refractivity contribution is 0.167. The van der Waals surface area contributed by atoms with E-state index in [4.69, 9.17) is 16.3 Å². The predicted molar refractivity (Wildman–Crippen MR) is 123 cm³/mol. The summed E-state index contributed by atoms with van der Waals surface area (Å²) in [6.45, 7) is 5.89. The summed E-state index contributed by atoms with van der Waals surface area (Å²) in [5.41, 5.74) is 5.42. The number of hydrogen-bond donors (Lipinski definition) is 2. The van der Waals surface area contributed by atoms with Gasteiger partial charge in [-0.15, -0.1) is 0 Å². The van der Waals surface area contributed by atoms with Gasteiger partial charge in [-0.2, -0.15) is 0 Å². The number of fused-ring (bicyclic) bond motifs is 1. The summed E-state index contributed by atoms with van der Waals surface area (Å²) < 4.78 is 6.08. The van der Waals surface area contributed by atoms with Gasteiger partial charge in [0.25, 0.3) is 0 Å². The van der Waals surface area contributed by atoms with Gasteiger partial charge in [0.15, 0.2) is 0 Å². The molecule has 0 amide bonds. The molecule has 6 heteroatoms. The number of aromatic nitrogens is 2. The highest BCUT2D eigenvalue weighted by molar-refractivity contribution is 6.35. The second-order valence-electron chi connectivity index (χ2n) is 7.78.